The van der Waals surface area contributed by atoms with Crippen LogP contribution in [0.25, 0.3) is 0 Å². The van der Waals surface area contributed by atoms with Crippen LogP contribution >= 0.6 is 0 Å². The maximum Gasteiger partial charge on any atom is 0.0315 e. The van der Waals surface area contributed by atoms with E-state index >= 15 is 0 Å². The summed E-state index contributed by atoms with van der Waals surface area (Å²) in [4.78, 5) is 6.83. The lowest BCUT2D eigenvalue weighted by Crippen LogP contribution is -2.34. The van der Waals surface area contributed by atoms with Gasteiger partial charge in [-0.1, -0.05) is 6.07 Å². The van der Waals surface area contributed by atoms with E-state index in [0.717, 1.165) is 6.04 Å². The molecule has 0 radical (unpaired) electrons. The molecule has 1 aromatic heterocycles. The van der Waals surface area contributed by atoms with Gasteiger partial charge in [-0.2, -0.15) is 0 Å². The standard InChI is InChI=1S/C14H21N3/c1-11(12-3-2-7-15-9-12)16-13-6-8-17(10-13)14-4-5-14/h2-3,7,9,11,13-14,16H,4-6,8,10H2,1H3/t11-,13?/m1/s1. The summed E-state index contributed by atoms with van der Waals surface area (Å²) >= 11 is 0. The van der Waals surface area contributed by atoms with Crippen molar-refractivity contribution in [3.63, 3.8) is 0 Å². The van der Waals surface area contributed by atoms with Crippen molar-refractivity contribution in [3.8, 4) is 0 Å². The molecule has 1 aromatic rings. The quantitative estimate of drug-likeness (QED) is 0.858. The lowest BCUT2D eigenvalue weighted by molar-refractivity contribution is 0.313. The van der Waals surface area contributed by atoms with Crippen LogP contribution in [-0.2, 0) is 0 Å². The Morgan fingerprint density at radius 3 is 3.00 bits per heavy atom. The largest absolute Gasteiger partial charge is 0.306 e. The van der Waals surface area contributed by atoms with Gasteiger partial charge in [0.25, 0.3) is 0 Å². The molecule has 3 rings (SSSR count). The molecule has 0 aromatic carbocycles. The molecule has 92 valence electrons. The number of hydrogen-bond donors (Lipinski definition) is 1. The van der Waals surface area contributed by atoms with E-state index < -0.39 is 0 Å². The molecule has 2 heterocycles. The summed E-state index contributed by atoms with van der Waals surface area (Å²) in [5.74, 6) is 0. The van der Waals surface area contributed by atoms with Gasteiger partial charge in [-0.3, -0.25) is 9.88 Å². The minimum Gasteiger partial charge on any atom is -0.306 e. The molecule has 1 unspecified atom stereocenters. The topological polar surface area (TPSA) is 28.2 Å². The summed E-state index contributed by atoms with van der Waals surface area (Å²) in [6.45, 7) is 4.74. The van der Waals surface area contributed by atoms with Crippen molar-refractivity contribution in [2.75, 3.05) is 13.1 Å². The predicted molar refractivity (Wildman–Crippen MR) is 68.8 cm³/mol. The molecule has 0 amide bonds. The zero-order valence-corrected chi connectivity index (χ0v) is 10.5. The first-order valence-corrected chi connectivity index (χ1v) is 6.73. The molecule has 0 spiro atoms. The Balaban J connectivity index is 1.53. The van der Waals surface area contributed by atoms with Crippen LogP contribution < -0.4 is 5.32 Å². The lowest BCUT2D eigenvalue weighted by Gasteiger charge is -2.20. The van der Waals surface area contributed by atoms with Crippen molar-refractivity contribution in [3.05, 3.63) is 30.1 Å². The van der Waals surface area contributed by atoms with Crippen molar-refractivity contribution in [1.29, 1.82) is 0 Å². The zero-order chi connectivity index (χ0) is 11.7. The van der Waals surface area contributed by atoms with Gasteiger partial charge in [0.15, 0.2) is 0 Å². The molecule has 2 aliphatic rings. The first-order valence-electron chi connectivity index (χ1n) is 6.73. The number of hydrogen-bond acceptors (Lipinski definition) is 3. The van der Waals surface area contributed by atoms with Crippen molar-refractivity contribution in [2.45, 2.75) is 44.3 Å². The van der Waals surface area contributed by atoms with Crippen LogP contribution in [0.2, 0.25) is 0 Å². The van der Waals surface area contributed by atoms with Gasteiger partial charge in [0.05, 0.1) is 0 Å². The zero-order valence-electron chi connectivity index (χ0n) is 10.5. The first-order chi connectivity index (χ1) is 8.33. The number of aromatic nitrogens is 1. The molecule has 2 atom stereocenters. The third-order valence-electron chi connectivity index (χ3n) is 3.95. The van der Waals surface area contributed by atoms with E-state index in [0.29, 0.717) is 12.1 Å². The number of pyridine rings is 1. The SMILES string of the molecule is C[C@@H](NC1CCN(C2CC2)C1)c1cccnc1. The van der Waals surface area contributed by atoms with Gasteiger partial charge in [-0.05, 0) is 37.8 Å². The van der Waals surface area contributed by atoms with E-state index in [1.165, 1.54) is 37.9 Å². The average molecular weight is 231 g/mol. The van der Waals surface area contributed by atoms with Gasteiger partial charge in [0, 0.05) is 43.6 Å². The second-order valence-corrected chi connectivity index (χ2v) is 5.39. The van der Waals surface area contributed by atoms with E-state index in [-0.39, 0.29) is 0 Å². The van der Waals surface area contributed by atoms with E-state index in [1.54, 1.807) is 0 Å². The maximum absolute atomic E-state index is 4.18. The molecule has 0 bridgehead atoms. The van der Waals surface area contributed by atoms with Gasteiger partial charge in [-0.25, -0.2) is 0 Å². The Labute approximate surface area is 103 Å². The van der Waals surface area contributed by atoms with Crippen molar-refractivity contribution < 1.29 is 0 Å². The molecule has 1 N–H and O–H groups in total. The summed E-state index contributed by atoms with van der Waals surface area (Å²) < 4.78 is 0. The fourth-order valence-corrected chi connectivity index (χ4v) is 2.78. The molecule has 17 heavy (non-hydrogen) atoms. The first kappa shape index (κ1) is 11.2. The minimum absolute atomic E-state index is 0.410. The third-order valence-corrected chi connectivity index (χ3v) is 3.95. The highest BCUT2D eigenvalue weighted by Gasteiger charge is 2.34. The van der Waals surface area contributed by atoms with Gasteiger partial charge < -0.3 is 5.32 Å². The molecule has 2 fully saturated rings. The molecular weight excluding hydrogens is 210 g/mol. The van der Waals surface area contributed by atoms with Gasteiger partial charge >= 0.3 is 0 Å². The number of rotatable bonds is 4. The van der Waals surface area contributed by atoms with Gasteiger partial charge in [-0.15, -0.1) is 0 Å². The average Bonchev–Trinajstić information content (AvgIpc) is 3.12. The smallest absolute Gasteiger partial charge is 0.0315 e. The molecule has 1 saturated heterocycles. The van der Waals surface area contributed by atoms with E-state index in [1.807, 2.05) is 18.5 Å². The van der Waals surface area contributed by atoms with Crippen LogP contribution in [0.5, 0.6) is 0 Å². The van der Waals surface area contributed by atoms with E-state index in [9.17, 15) is 0 Å². The summed E-state index contributed by atoms with van der Waals surface area (Å²) in [7, 11) is 0. The summed E-state index contributed by atoms with van der Waals surface area (Å²) in [6, 6.07) is 6.14. The summed E-state index contributed by atoms with van der Waals surface area (Å²) in [5.41, 5.74) is 1.29. The van der Waals surface area contributed by atoms with Crippen molar-refractivity contribution >= 4 is 0 Å². The van der Waals surface area contributed by atoms with Crippen molar-refractivity contribution in [2.24, 2.45) is 0 Å². The van der Waals surface area contributed by atoms with Crippen LogP contribution in [-0.4, -0.2) is 35.1 Å². The molecule has 1 saturated carbocycles. The van der Waals surface area contributed by atoms with Crippen LogP contribution in [0.15, 0.2) is 24.5 Å². The second-order valence-electron chi connectivity index (χ2n) is 5.39. The van der Waals surface area contributed by atoms with Crippen LogP contribution in [0, 0.1) is 0 Å². The Morgan fingerprint density at radius 2 is 2.29 bits per heavy atom. The Morgan fingerprint density at radius 1 is 1.41 bits per heavy atom. The van der Waals surface area contributed by atoms with E-state index in [4.69, 9.17) is 0 Å². The lowest BCUT2D eigenvalue weighted by atomic mass is 10.1. The van der Waals surface area contributed by atoms with Crippen LogP contribution in [0.4, 0.5) is 0 Å². The Hall–Kier alpha value is -0.930. The number of nitrogens with zero attached hydrogens (tertiary/aromatic N) is 2. The Kier molecular flexibility index (Phi) is 3.12. The van der Waals surface area contributed by atoms with Gasteiger partial charge in [0.1, 0.15) is 0 Å². The highest BCUT2D eigenvalue weighted by atomic mass is 15.2. The normalized spacial score (nSPS) is 27.2. The summed E-state index contributed by atoms with van der Waals surface area (Å²) in [5, 5.41) is 3.73. The highest BCUT2D eigenvalue weighted by molar-refractivity contribution is 5.13. The highest BCUT2D eigenvalue weighted by Crippen LogP contribution is 2.30. The van der Waals surface area contributed by atoms with Gasteiger partial charge in [0.2, 0.25) is 0 Å². The monoisotopic (exact) mass is 231 g/mol. The fourth-order valence-electron chi connectivity index (χ4n) is 2.78. The fraction of sp³-hybridized carbons (Fsp3) is 0.643. The number of likely N-dealkylation sites (tertiary alicyclic amines) is 1. The molecule has 1 aliphatic heterocycles. The van der Waals surface area contributed by atoms with Crippen molar-refractivity contribution in [1.82, 2.24) is 15.2 Å². The molecule has 3 heteroatoms. The van der Waals surface area contributed by atoms with Crippen LogP contribution in [0.1, 0.15) is 37.8 Å². The molecule has 1 aliphatic carbocycles. The Bertz CT molecular complexity index is 361. The molecular formula is C14H21N3. The second kappa shape index (κ2) is 4.75. The molecule has 3 nitrogen and oxygen atoms in total. The van der Waals surface area contributed by atoms with E-state index in [2.05, 4.69) is 28.2 Å². The summed E-state index contributed by atoms with van der Waals surface area (Å²) in [6.07, 6.45) is 7.93. The third kappa shape index (κ3) is 2.67. The minimum atomic E-state index is 0.410. The predicted octanol–water partition coefficient (Wildman–Crippen LogP) is 1.97. The number of nitrogens with one attached hydrogen (secondary N) is 1. The maximum atomic E-state index is 4.18. The van der Waals surface area contributed by atoms with Crippen LogP contribution in [0.3, 0.4) is 0 Å².